The number of para-hydroxylation sites is 1. The highest BCUT2D eigenvalue weighted by Crippen LogP contribution is 2.47. The fraction of sp³-hybridized carbons (Fsp3) is 0.0500. The molecule has 0 N–H and O–H groups in total. The van der Waals surface area contributed by atoms with Gasteiger partial charge in [-0.1, -0.05) is 30.3 Å². The third-order valence-corrected chi connectivity index (χ3v) is 9.64. The quantitative estimate of drug-likeness (QED) is 0.195. The summed E-state index contributed by atoms with van der Waals surface area (Å²) in [4.78, 5) is 0. The fourth-order valence-corrected chi connectivity index (χ4v) is 7.46. The van der Waals surface area contributed by atoms with Crippen molar-refractivity contribution in [1.82, 2.24) is 4.40 Å². The zero-order valence-electron chi connectivity index (χ0n) is 24.3. The second-order valence-electron chi connectivity index (χ2n) is 12.1. The van der Waals surface area contributed by atoms with Gasteiger partial charge in [-0.15, -0.1) is 0 Å². The number of aryl methyl sites for hydroxylation is 2. The van der Waals surface area contributed by atoms with Crippen molar-refractivity contribution in [2.75, 3.05) is 0 Å². The van der Waals surface area contributed by atoms with Gasteiger partial charge in [-0.05, 0) is 96.8 Å². The molecule has 0 aliphatic heterocycles. The lowest BCUT2D eigenvalue weighted by molar-refractivity contribution is 0.669. The number of nitriles is 2. The second kappa shape index (κ2) is 8.20. The number of furan rings is 2. The van der Waals surface area contributed by atoms with Crippen LogP contribution in [0.5, 0.6) is 0 Å². The topological polar surface area (TPSA) is 78.3 Å². The number of aromatic nitrogens is 1. The van der Waals surface area contributed by atoms with Crippen molar-refractivity contribution in [3.63, 3.8) is 0 Å². The smallest absolute Gasteiger partial charge is 0.145 e. The van der Waals surface area contributed by atoms with E-state index < -0.39 is 0 Å². The van der Waals surface area contributed by atoms with E-state index in [2.05, 4.69) is 71.1 Å². The van der Waals surface area contributed by atoms with Crippen LogP contribution in [0.1, 0.15) is 22.3 Å². The van der Waals surface area contributed by atoms with Crippen molar-refractivity contribution in [3.05, 3.63) is 113 Å². The molecule has 0 atom stereocenters. The number of benzene rings is 6. The van der Waals surface area contributed by atoms with Crippen molar-refractivity contribution in [2.24, 2.45) is 0 Å². The van der Waals surface area contributed by atoms with Gasteiger partial charge in [0.2, 0.25) is 0 Å². The molecule has 0 aliphatic rings. The Morgan fingerprint density at radius 2 is 1.13 bits per heavy atom. The Bertz CT molecular complexity index is 3030. The Kier molecular flexibility index (Phi) is 4.40. The minimum absolute atomic E-state index is 0.636. The monoisotopic (exact) mass is 575 g/mol. The van der Waals surface area contributed by atoms with E-state index in [1.54, 1.807) is 0 Å². The SMILES string of the molecule is Cc1cc2c3cc4c5cc(-c6ccc7oc8ccccc8c7c6)ccc5oc4c4c5cc(C)c(C#N)cc5n(c2cc1C#N)c34. The average molecular weight is 576 g/mol. The van der Waals surface area contributed by atoms with Gasteiger partial charge < -0.3 is 13.2 Å². The molecule has 0 saturated carbocycles. The van der Waals surface area contributed by atoms with Crippen LogP contribution in [0.2, 0.25) is 0 Å². The van der Waals surface area contributed by atoms with Gasteiger partial charge in [0.05, 0.1) is 45.2 Å². The van der Waals surface area contributed by atoms with Crippen molar-refractivity contribution < 1.29 is 8.83 Å². The minimum Gasteiger partial charge on any atom is -0.456 e. The van der Waals surface area contributed by atoms with Gasteiger partial charge in [0.25, 0.3) is 0 Å². The van der Waals surface area contributed by atoms with Crippen molar-refractivity contribution in [3.8, 4) is 23.3 Å². The lowest BCUT2D eigenvalue weighted by Crippen LogP contribution is -1.87. The molecule has 10 aromatic rings. The van der Waals surface area contributed by atoms with Crippen molar-refractivity contribution in [1.29, 1.82) is 10.5 Å². The average Bonchev–Trinajstić information content (AvgIpc) is 3.79. The summed E-state index contributed by atoms with van der Waals surface area (Å²) < 4.78 is 15.0. The van der Waals surface area contributed by atoms with Crippen molar-refractivity contribution in [2.45, 2.75) is 13.8 Å². The third kappa shape index (κ3) is 2.99. The van der Waals surface area contributed by atoms with Crippen molar-refractivity contribution >= 4 is 82.0 Å². The molecule has 0 spiro atoms. The summed E-state index contributed by atoms with van der Waals surface area (Å²) >= 11 is 0. The summed E-state index contributed by atoms with van der Waals surface area (Å²) in [6, 6.07) is 36.0. The first-order valence-electron chi connectivity index (χ1n) is 14.9. The molecule has 0 fully saturated rings. The molecule has 0 radical (unpaired) electrons. The molecular weight excluding hydrogens is 554 g/mol. The highest BCUT2D eigenvalue weighted by atomic mass is 16.3. The second-order valence-corrected chi connectivity index (χ2v) is 12.1. The molecule has 10 rings (SSSR count). The maximum Gasteiger partial charge on any atom is 0.145 e. The molecule has 0 amide bonds. The first-order valence-corrected chi connectivity index (χ1v) is 14.9. The molecule has 45 heavy (non-hydrogen) atoms. The fourth-order valence-electron chi connectivity index (χ4n) is 7.46. The zero-order valence-corrected chi connectivity index (χ0v) is 24.3. The standard InChI is InChI=1S/C40H21N3O2/c1-20-11-27-30-17-31-29-14-23(22-7-9-36-28(13-22)26-5-3-4-6-35(26)44-36)8-10-37(29)45-40(31)38-32-12-21(2)25(19-42)16-34(32)43(39(30)38)33(27)15-24(20)18-41/h3-17H,1-2H3. The summed E-state index contributed by atoms with van der Waals surface area (Å²) in [6.45, 7) is 3.96. The minimum atomic E-state index is 0.636. The predicted octanol–water partition coefficient (Wildman–Crippen LogP) is 10.7. The first-order chi connectivity index (χ1) is 22.0. The van der Waals surface area contributed by atoms with E-state index in [9.17, 15) is 10.5 Å². The molecule has 4 aromatic heterocycles. The van der Waals surface area contributed by atoms with Crippen LogP contribution in [0.15, 0.2) is 99.8 Å². The number of rotatable bonds is 1. The molecule has 0 unspecified atom stereocenters. The molecule has 0 aliphatic carbocycles. The Morgan fingerprint density at radius 1 is 0.533 bits per heavy atom. The maximum absolute atomic E-state index is 9.90. The third-order valence-electron chi connectivity index (χ3n) is 9.64. The molecule has 208 valence electrons. The summed E-state index contributed by atoms with van der Waals surface area (Å²) in [7, 11) is 0. The Morgan fingerprint density at radius 3 is 1.84 bits per heavy atom. The first kappa shape index (κ1) is 24.2. The Labute approximate surface area is 255 Å². The van der Waals surface area contributed by atoms with Crippen LogP contribution in [-0.2, 0) is 0 Å². The molecule has 4 heterocycles. The van der Waals surface area contributed by atoms with Crippen LogP contribution < -0.4 is 0 Å². The molecule has 5 heteroatoms. The van der Waals surface area contributed by atoms with Gasteiger partial charge >= 0.3 is 0 Å². The molecule has 6 aromatic carbocycles. The zero-order chi connectivity index (χ0) is 30.1. The number of hydrogen-bond acceptors (Lipinski definition) is 4. The van der Waals surface area contributed by atoms with Crippen LogP contribution in [0, 0.1) is 36.5 Å². The molecule has 5 nitrogen and oxygen atoms in total. The molecular formula is C40H21N3O2. The Balaban J connectivity index is 1.33. The van der Waals surface area contributed by atoms with Gasteiger partial charge in [0.1, 0.15) is 22.3 Å². The molecule has 0 bridgehead atoms. The summed E-state index contributed by atoms with van der Waals surface area (Å²) in [5.74, 6) is 0. The van der Waals surface area contributed by atoms with E-state index in [1.807, 2.05) is 50.2 Å². The summed E-state index contributed by atoms with van der Waals surface area (Å²) in [6.07, 6.45) is 0. The Hall–Kier alpha value is -6.30. The van der Waals surface area contributed by atoms with E-state index in [0.717, 1.165) is 104 Å². The predicted molar refractivity (Wildman–Crippen MR) is 180 cm³/mol. The number of hydrogen-bond donors (Lipinski definition) is 0. The number of nitrogens with zero attached hydrogens (tertiary/aromatic N) is 3. The highest BCUT2D eigenvalue weighted by Gasteiger charge is 2.24. The summed E-state index contributed by atoms with van der Waals surface area (Å²) in [5, 5.41) is 28.3. The van der Waals surface area contributed by atoms with Gasteiger partial charge in [0, 0.05) is 37.7 Å². The van der Waals surface area contributed by atoms with Gasteiger partial charge in [-0.2, -0.15) is 10.5 Å². The normalized spacial score (nSPS) is 12.2. The molecule has 0 saturated heterocycles. The van der Waals surface area contributed by atoms with Crippen LogP contribution in [-0.4, -0.2) is 4.40 Å². The van der Waals surface area contributed by atoms with Gasteiger partial charge in [-0.3, -0.25) is 0 Å². The summed E-state index contributed by atoms with van der Waals surface area (Å²) in [5.41, 5.74) is 11.7. The largest absolute Gasteiger partial charge is 0.456 e. The van der Waals surface area contributed by atoms with Gasteiger partial charge in [-0.25, -0.2) is 0 Å². The van der Waals surface area contributed by atoms with Crippen LogP contribution in [0.4, 0.5) is 0 Å². The van der Waals surface area contributed by atoms with Crippen LogP contribution in [0.25, 0.3) is 93.1 Å². The van der Waals surface area contributed by atoms with Gasteiger partial charge in [0.15, 0.2) is 0 Å². The van der Waals surface area contributed by atoms with E-state index in [1.165, 1.54) is 0 Å². The maximum atomic E-state index is 9.90. The highest BCUT2D eigenvalue weighted by molar-refractivity contribution is 6.33. The van der Waals surface area contributed by atoms with E-state index >= 15 is 0 Å². The lowest BCUT2D eigenvalue weighted by atomic mass is 9.98. The van der Waals surface area contributed by atoms with E-state index in [-0.39, 0.29) is 0 Å². The number of fused-ring (bicyclic) bond motifs is 13. The van der Waals surface area contributed by atoms with E-state index in [4.69, 9.17) is 8.83 Å². The van der Waals surface area contributed by atoms with Crippen LogP contribution in [0.3, 0.4) is 0 Å². The van der Waals surface area contributed by atoms with Crippen LogP contribution >= 0.6 is 0 Å². The van der Waals surface area contributed by atoms with E-state index in [0.29, 0.717) is 11.1 Å². The lowest BCUT2D eigenvalue weighted by Gasteiger charge is -2.03.